The Morgan fingerprint density at radius 2 is 1.60 bits per heavy atom. The summed E-state index contributed by atoms with van der Waals surface area (Å²) in [6, 6.07) is 5.14. The van der Waals surface area contributed by atoms with Gasteiger partial charge in [-0.1, -0.05) is 38.5 Å². The van der Waals surface area contributed by atoms with Crippen molar-refractivity contribution in [3.8, 4) is 0 Å². The molecule has 19 heteroatoms. The molecule has 68 heavy (non-hydrogen) atoms. The number of H-pyrrole nitrogens is 1. The van der Waals surface area contributed by atoms with Gasteiger partial charge < -0.3 is 73.6 Å². The number of nitrogens with zero attached hydrogens (tertiary/aromatic N) is 3. The van der Waals surface area contributed by atoms with Crippen molar-refractivity contribution in [3.63, 3.8) is 0 Å². The van der Waals surface area contributed by atoms with Crippen LogP contribution >= 0.6 is 0 Å². The van der Waals surface area contributed by atoms with Crippen LogP contribution in [0.5, 0.6) is 0 Å². The first kappa shape index (κ1) is 53.9. The van der Waals surface area contributed by atoms with Crippen molar-refractivity contribution in [1.29, 1.82) is 0 Å². The molecule has 3 saturated heterocycles. The molecule has 17 atom stereocenters. The van der Waals surface area contributed by atoms with Crippen LogP contribution in [0, 0.1) is 23.7 Å². The van der Waals surface area contributed by atoms with Gasteiger partial charge in [0.15, 0.2) is 18.4 Å². The fourth-order valence-electron chi connectivity index (χ4n) is 9.94. The van der Waals surface area contributed by atoms with Crippen LogP contribution in [0.4, 0.5) is 5.69 Å². The Labute approximate surface area is 400 Å². The molecule has 0 aliphatic carbocycles. The molecule has 6 unspecified atom stereocenters. The van der Waals surface area contributed by atoms with Crippen molar-refractivity contribution in [2.75, 3.05) is 66.7 Å². The van der Waals surface area contributed by atoms with Crippen molar-refractivity contribution in [2.45, 2.75) is 147 Å². The SMILES string of the molecule is CCC1OC(=O)CC(O)C(C)C(O[C@@H]2O[C@H](C)[C@@H](O)[C@H](N(C)C)[C@H]2O)C(Cc2nc3ccc(NN4CCOCC4)cc3[nH]2)C[C@H](C)C(=O)/C=C/C(C)=C/C1CO[C@H]1O[C@H](C)[C@@H](O)[C@@H](OC)[C@H]1OC. The fraction of sp³-hybridized carbons (Fsp3) is 0.735. The molecule has 19 nitrogen and oxygen atoms in total. The van der Waals surface area contributed by atoms with E-state index in [0.717, 1.165) is 35.4 Å². The van der Waals surface area contributed by atoms with Gasteiger partial charge in [0.2, 0.25) is 0 Å². The molecule has 0 amide bonds. The van der Waals surface area contributed by atoms with E-state index in [1.54, 1.807) is 51.9 Å². The van der Waals surface area contributed by atoms with Crippen molar-refractivity contribution >= 4 is 28.5 Å². The number of ketones is 1. The van der Waals surface area contributed by atoms with Crippen LogP contribution in [0.3, 0.4) is 0 Å². The number of aromatic nitrogens is 2. The van der Waals surface area contributed by atoms with Crippen LogP contribution in [0.2, 0.25) is 0 Å². The molecule has 5 heterocycles. The lowest BCUT2D eigenvalue weighted by Crippen LogP contribution is -2.63. The number of anilines is 1. The Bertz CT molecular complexity index is 1990. The van der Waals surface area contributed by atoms with Gasteiger partial charge in [-0.2, -0.15) is 0 Å². The van der Waals surface area contributed by atoms with Crippen LogP contribution < -0.4 is 5.43 Å². The molecule has 6 rings (SSSR count). The Hall–Kier alpha value is -3.41. The van der Waals surface area contributed by atoms with E-state index in [-0.39, 0.29) is 25.2 Å². The van der Waals surface area contributed by atoms with Gasteiger partial charge in [-0.05, 0) is 77.9 Å². The smallest absolute Gasteiger partial charge is 0.308 e. The number of imidazole rings is 1. The standard InChI is InChI=1S/C49H77N5O14/c1-11-38-32(25-64-49-47(62-10)46(61-9)43(59)30(6)66-49)20-26(2)12-15-36(55)27(3)21-31(22-39-50-34-14-13-33(23-35(34)51-39)52-54-16-18-63-19-17-54)45(28(4)37(56)24-40(57)67-38)68-48-44(60)41(53(7)8)42(58)29(5)65-48/h12-15,20,23,27-32,37-38,41-49,52,56,58-60H,11,16-19,21-22,24-25H2,1-10H3,(H,50,51)/b15-12+,26-20+/t27-,28?,29+,30+,31?,32?,37?,38?,41-,42+,43+,44+,45?,46+,47+,48-,49-/m0/s1. The summed E-state index contributed by atoms with van der Waals surface area (Å²) < 4.78 is 48.2. The predicted molar refractivity (Wildman–Crippen MR) is 251 cm³/mol. The zero-order valence-electron chi connectivity index (χ0n) is 41.4. The Morgan fingerprint density at radius 3 is 2.28 bits per heavy atom. The number of morpholine rings is 1. The maximum absolute atomic E-state index is 14.1. The number of carbonyl (C=O) groups is 2. The normalized spacial score (nSPS) is 38.8. The second-order valence-electron chi connectivity index (χ2n) is 19.3. The number of hydrogen-bond donors (Lipinski definition) is 6. The molecule has 0 spiro atoms. The van der Waals surface area contributed by atoms with E-state index in [0.29, 0.717) is 25.5 Å². The monoisotopic (exact) mass is 960 g/mol. The van der Waals surface area contributed by atoms with E-state index >= 15 is 0 Å². The third-order valence-electron chi connectivity index (χ3n) is 14.0. The lowest BCUT2D eigenvalue weighted by molar-refractivity contribution is -0.304. The lowest BCUT2D eigenvalue weighted by atomic mass is 9.79. The van der Waals surface area contributed by atoms with Gasteiger partial charge in [0, 0.05) is 51.5 Å². The van der Waals surface area contributed by atoms with Crippen molar-refractivity contribution in [2.24, 2.45) is 23.7 Å². The Balaban J connectivity index is 1.33. The second kappa shape index (κ2) is 24.6. The second-order valence-corrected chi connectivity index (χ2v) is 19.3. The van der Waals surface area contributed by atoms with Gasteiger partial charge in [-0.15, -0.1) is 0 Å². The van der Waals surface area contributed by atoms with E-state index in [1.807, 2.05) is 45.0 Å². The number of ether oxygens (including phenoxy) is 8. The van der Waals surface area contributed by atoms with Crippen molar-refractivity contribution in [3.05, 3.63) is 47.8 Å². The molecule has 1 aromatic heterocycles. The largest absolute Gasteiger partial charge is 0.462 e. The van der Waals surface area contributed by atoms with E-state index in [4.69, 9.17) is 42.9 Å². The molecule has 0 saturated carbocycles. The first-order chi connectivity index (χ1) is 32.4. The summed E-state index contributed by atoms with van der Waals surface area (Å²) in [6.45, 7) is 13.5. The maximum atomic E-state index is 14.1. The number of rotatable bonds is 13. The van der Waals surface area contributed by atoms with Crippen molar-refractivity contribution in [1.82, 2.24) is 19.9 Å². The third kappa shape index (κ3) is 13.3. The molecular weight excluding hydrogens is 883 g/mol. The molecule has 382 valence electrons. The average molecular weight is 960 g/mol. The zero-order chi connectivity index (χ0) is 49.4. The number of cyclic esters (lactones) is 1. The highest BCUT2D eigenvalue weighted by Crippen LogP contribution is 2.36. The molecule has 0 bridgehead atoms. The molecule has 0 radical (unpaired) electrons. The first-order valence-corrected chi connectivity index (χ1v) is 24.1. The molecule has 6 N–H and O–H groups in total. The number of carbonyl (C=O) groups excluding carboxylic acids is 2. The molecule has 2 aromatic rings. The summed E-state index contributed by atoms with van der Waals surface area (Å²) in [5, 5.41) is 47.7. The van der Waals surface area contributed by atoms with Crippen LogP contribution in [0.25, 0.3) is 11.0 Å². The zero-order valence-corrected chi connectivity index (χ0v) is 41.4. The van der Waals surface area contributed by atoms with Crippen LogP contribution in [0.15, 0.2) is 42.0 Å². The van der Waals surface area contributed by atoms with E-state index < -0.39 is 116 Å². The summed E-state index contributed by atoms with van der Waals surface area (Å²) in [5.74, 6) is -2.58. The number of fused-ring (bicyclic) bond motifs is 1. The van der Waals surface area contributed by atoms with Crippen LogP contribution in [-0.4, -0.2) is 193 Å². The van der Waals surface area contributed by atoms with E-state index in [1.165, 1.54) is 14.2 Å². The quantitative estimate of drug-likeness (QED) is 0.158. The molecular formula is C49H77N5O14. The number of esters is 1. The highest BCUT2D eigenvalue weighted by Gasteiger charge is 2.48. The minimum absolute atomic E-state index is 0.0138. The third-order valence-corrected chi connectivity index (χ3v) is 14.0. The number of methoxy groups -OCH3 is 2. The number of hydrogen-bond acceptors (Lipinski definition) is 18. The number of nitrogens with one attached hydrogen (secondary N) is 2. The number of aliphatic hydroxyl groups is 4. The van der Waals surface area contributed by atoms with Gasteiger partial charge in [-0.3, -0.25) is 9.59 Å². The van der Waals surface area contributed by atoms with Crippen LogP contribution in [-0.2, 0) is 53.9 Å². The van der Waals surface area contributed by atoms with E-state index in [2.05, 4.69) is 15.4 Å². The summed E-state index contributed by atoms with van der Waals surface area (Å²) in [6.07, 6.45) is -5.54. The Morgan fingerprint density at radius 1 is 0.912 bits per heavy atom. The summed E-state index contributed by atoms with van der Waals surface area (Å²) in [7, 11) is 6.47. The number of benzene rings is 1. The number of allylic oxidation sites excluding steroid dienone is 3. The minimum Gasteiger partial charge on any atom is -0.462 e. The van der Waals surface area contributed by atoms with Gasteiger partial charge >= 0.3 is 5.97 Å². The minimum atomic E-state index is -1.31. The van der Waals surface area contributed by atoms with Gasteiger partial charge in [0.25, 0.3) is 0 Å². The summed E-state index contributed by atoms with van der Waals surface area (Å²) in [5.41, 5.74) is 6.58. The van der Waals surface area contributed by atoms with Gasteiger partial charge in [-0.25, -0.2) is 9.99 Å². The van der Waals surface area contributed by atoms with Gasteiger partial charge in [0.1, 0.15) is 36.3 Å². The molecule has 1 aromatic carbocycles. The molecule has 3 fully saturated rings. The highest BCUT2D eigenvalue weighted by atomic mass is 16.7. The van der Waals surface area contributed by atoms with Gasteiger partial charge in [0.05, 0.1) is 79.5 Å². The number of hydrazine groups is 1. The van der Waals surface area contributed by atoms with Crippen LogP contribution in [0.1, 0.15) is 66.6 Å². The first-order valence-electron chi connectivity index (χ1n) is 24.1. The molecule has 4 aliphatic heterocycles. The lowest BCUT2D eigenvalue weighted by Gasteiger charge is -2.46. The Kier molecular flexibility index (Phi) is 19.5. The molecule has 4 aliphatic rings. The number of likely N-dealkylation sites (N-methyl/N-ethyl adjacent to an activating group) is 1. The van der Waals surface area contributed by atoms with E-state index in [9.17, 15) is 30.0 Å². The highest BCUT2D eigenvalue weighted by molar-refractivity contribution is 5.91. The topological polar surface area (TPSA) is 236 Å². The summed E-state index contributed by atoms with van der Waals surface area (Å²) >= 11 is 0. The fourth-order valence-corrected chi connectivity index (χ4v) is 9.94. The van der Waals surface area contributed by atoms with Crippen molar-refractivity contribution < 1.29 is 67.9 Å². The maximum Gasteiger partial charge on any atom is 0.308 e. The predicted octanol–water partition coefficient (Wildman–Crippen LogP) is 2.75. The number of aliphatic hydroxyl groups excluding tert-OH is 4. The average Bonchev–Trinajstić information content (AvgIpc) is 3.71. The summed E-state index contributed by atoms with van der Waals surface area (Å²) in [4.78, 5) is 38.3. The number of aromatic amines is 1.